The average Bonchev–Trinajstić information content (AvgIpc) is 2.05. The number of hydrazine groups is 1. The molecule has 1 heterocycles. The van der Waals surface area contributed by atoms with E-state index in [0.717, 1.165) is 6.07 Å². The number of anilines is 1. The molecule has 3 nitrogen and oxygen atoms in total. The van der Waals surface area contributed by atoms with Gasteiger partial charge in [0.05, 0.1) is 0 Å². The summed E-state index contributed by atoms with van der Waals surface area (Å²) < 4.78 is 38.0. The maximum atomic E-state index is 12.6. The van der Waals surface area contributed by atoms with E-state index in [0.29, 0.717) is 4.47 Å². The summed E-state index contributed by atoms with van der Waals surface area (Å²) in [6.07, 6.45) is -3.11. The topological polar surface area (TPSA) is 28.2 Å². The molecule has 0 amide bonds. The number of hydrogen-bond donors (Lipinski definition) is 1. The van der Waals surface area contributed by atoms with Crippen LogP contribution in [-0.2, 0) is 6.18 Å². The molecule has 0 unspecified atom stereocenters. The van der Waals surface area contributed by atoms with E-state index >= 15 is 0 Å². The van der Waals surface area contributed by atoms with Crippen LogP contribution in [0.3, 0.4) is 0 Å². The smallest absolute Gasteiger partial charge is 0.303 e. The first kappa shape index (κ1) is 12.3. The number of pyridine rings is 1. The summed E-state index contributed by atoms with van der Waals surface area (Å²) in [4.78, 5) is 3.67. The van der Waals surface area contributed by atoms with Crippen LogP contribution >= 0.6 is 15.9 Å². The predicted molar refractivity (Wildman–Crippen MR) is 54.2 cm³/mol. The van der Waals surface area contributed by atoms with E-state index in [1.807, 2.05) is 0 Å². The van der Waals surface area contributed by atoms with Crippen LogP contribution in [0.2, 0.25) is 0 Å². The summed E-state index contributed by atoms with van der Waals surface area (Å²) in [5.41, 5.74) is 1.69. The van der Waals surface area contributed by atoms with Gasteiger partial charge in [-0.05, 0) is 22.0 Å². The van der Waals surface area contributed by atoms with Gasteiger partial charge in [0.15, 0.2) is 5.82 Å². The molecule has 0 radical (unpaired) electrons. The zero-order chi connectivity index (χ0) is 11.6. The van der Waals surface area contributed by atoms with Crippen LogP contribution in [0, 0.1) is 0 Å². The molecule has 84 valence electrons. The Morgan fingerprint density at radius 1 is 1.40 bits per heavy atom. The van der Waals surface area contributed by atoms with Crippen LogP contribution < -0.4 is 5.43 Å². The Kier molecular flexibility index (Phi) is 3.56. The highest BCUT2D eigenvalue weighted by molar-refractivity contribution is 9.10. The standard InChI is InChI=1S/C8H9BrF3N3/c1-15(2)14-7-6(8(10,11)12)3-5(9)4-13-7/h3-4H,1-2H3,(H,13,14). The van der Waals surface area contributed by atoms with Crippen molar-refractivity contribution < 1.29 is 13.2 Å². The molecule has 0 aliphatic carbocycles. The average molecular weight is 284 g/mol. The van der Waals surface area contributed by atoms with Gasteiger partial charge in [-0.2, -0.15) is 13.2 Å². The lowest BCUT2D eigenvalue weighted by Gasteiger charge is -2.17. The maximum Gasteiger partial charge on any atom is 0.420 e. The summed E-state index contributed by atoms with van der Waals surface area (Å²) in [6, 6.07) is 0.985. The van der Waals surface area contributed by atoms with Gasteiger partial charge < -0.3 is 5.43 Å². The summed E-state index contributed by atoms with van der Waals surface area (Å²) in [5, 5.41) is 1.39. The SMILES string of the molecule is CN(C)Nc1ncc(Br)cc1C(F)(F)F. The highest BCUT2D eigenvalue weighted by Crippen LogP contribution is 2.35. The quantitative estimate of drug-likeness (QED) is 0.846. The van der Waals surface area contributed by atoms with Crippen molar-refractivity contribution in [2.24, 2.45) is 0 Å². The number of rotatable bonds is 2. The molecule has 0 saturated heterocycles. The molecule has 0 aliphatic heterocycles. The fraction of sp³-hybridized carbons (Fsp3) is 0.375. The fourth-order valence-corrected chi connectivity index (χ4v) is 1.29. The number of aromatic nitrogens is 1. The van der Waals surface area contributed by atoms with Gasteiger partial charge in [-0.1, -0.05) is 0 Å². The predicted octanol–water partition coefficient (Wildman–Crippen LogP) is 2.75. The lowest BCUT2D eigenvalue weighted by molar-refractivity contribution is -0.137. The van der Waals surface area contributed by atoms with E-state index in [9.17, 15) is 13.2 Å². The van der Waals surface area contributed by atoms with Crippen molar-refractivity contribution in [3.63, 3.8) is 0 Å². The number of halogens is 4. The van der Waals surface area contributed by atoms with Crippen LogP contribution in [0.15, 0.2) is 16.7 Å². The molecular weight excluding hydrogens is 275 g/mol. The van der Waals surface area contributed by atoms with Gasteiger partial charge in [-0.15, -0.1) is 0 Å². The maximum absolute atomic E-state index is 12.6. The minimum absolute atomic E-state index is 0.212. The van der Waals surface area contributed by atoms with Crippen molar-refractivity contribution in [1.29, 1.82) is 0 Å². The lowest BCUT2D eigenvalue weighted by atomic mass is 10.2. The van der Waals surface area contributed by atoms with E-state index in [1.54, 1.807) is 14.1 Å². The van der Waals surface area contributed by atoms with Crippen LogP contribution in [0.4, 0.5) is 19.0 Å². The largest absolute Gasteiger partial charge is 0.420 e. The van der Waals surface area contributed by atoms with E-state index in [4.69, 9.17) is 0 Å². The molecule has 7 heteroatoms. The molecule has 0 bridgehead atoms. The zero-order valence-electron chi connectivity index (χ0n) is 8.06. The third kappa shape index (κ3) is 3.35. The number of nitrogens with one attached hydrogen (secondary N) is 1. The van der Waals surface area contributed by atoms with E-state index in [1.165, 1.54) is 11.2 Å². The molecule has 1 aromatic rings. The molecule has 0 atom stereocenters. The Labute approximate surface area is 93.4 Å². The monoisotopic (exact) mass is 283 g/mol. The Hall–Kier alpha value is -0.820. The van der Waals surface area contributed by atoms with Gasteiger partial charge in [0.25, 0.3) is 0 Å². The molecule has 0 spiro atoms. The van der Waals surface area contributed by atoms with Crippen molar-refractivity contribution in [3.8, 4) is 0 Å². The normalized spacial score (nSPS) is 11.9. The molecule has 15 heavy (non-hydrogen) atoms. The van der Waals surface area contributed by atoms with Crippen LogP contribution in [-0.4, -0.2) is 24.1 Å². The Morgan fingerprint density at radius 2 is 2.00 bits per heavy atom. The minimum atomic E-state index is -4.42. The van der Waals surface area contributed by atoms with E-state index < -0.39 is 11.7 Å². The van der Waals surface area contributed by atoms with Gasteiger partial charge in [0.2, 0.25) is 0 Å². The van der Waals surface area contributed by atoms with Gasteiger partial charge in [-0.25, -0.2) is 9.99 Å². The van der Waals surface area contributed by atoms with Crippen LogP contribution in [0.5, 0.6) is 0 Å². The third-order valence-corrected chi connectivity index (χ3v) is 1.92. The van der Waals surface area contributed by atoms with Crippen molar-refractivity contribution in [1.82, 2.24) is 9.99 Å². The molecule has 1 N–H and O–H groups in total. The number of alkyl halides is 3. The molecule has 1 rings (SSSR count). The lowest BCUT2D eigenvalue weighted by Crippen LogP contribution is -2.23. The second kappa shape index (κ2) is 4.36. The van der Waals surface area contributed by atoms with Crippen molar-refractivity contribution in [3.05, 3.63) is 22.3 Å². The van der Waals surface area contributed by atoms with E-state index in [2.05, 4.69) is 26.3 Å². The highest BCUT2D eigenvalue weighted by Gasteiger charge is 2.34. The first-order chi connectivity index (χ1) is 6.80. The van der Waals surface area contributed by atoms with Crippen LogP contribution in [0.1, 0.15) is 5.56 Å². The summed E-state index contributed by atoms with van der Waals surface area (Å²) in [7, 11) is 3.17. The summed E-state index contributed by atoms with van der Waals surface area (Å²) in [6.45, 7) is 0. The van der Waals surface area contributed by atoms with Gasteiger partial charge in [0, 0.05) is 24.8 Å². The van der Waals surface area contributed by atoms with Gasteiger partial charge >= 0.3 is 6.18 Å². The minimum Gasteiger partial charge on any atom is -0.303 e. The number of nitrogens with zero attached hydrogens (tertiary/aromatic N) is 2. The Balaban J connectivity index is 3.15. The van der Waals surface area contributed by atoms with Crippen molar-refractivity contribution >= 4 is 21.7 Å². The molecular formula is C8H9BrF3N3. The van der Waals surface area contributed by atoms with Crippen molar-refractivity contribution in [2.45, 2.75) is 6.18 Å². The van der Waals surface area contributed by atoms with Crippen molar-refractivity contribution in [2.75, 3.05) is 19.5 Å². The summed E-state index contributed by atoms with van der Waals surface area (Å²) >= 11 is 2.95. The first-order valence-electron chi connectivity index (χ1n) is 3.97. The number of hydrogen-bond acceptors (Lipinski definition) is 3. The molecule has 0 saturated carbocycles. The zero-order valence-corrected chi connectivity index (χ0v) is 9.65. The van der Waals surface area contributed by atoms with Gasteiger partial charge in [0.1, 0.15) is 5.56 Å². The Bertz CT molecular complexity index is 351. The fourth-order valence-electron chi connectivity index (χ4n) is 0.956. The molecule has 0 aliphatic rings. The first-order valence-corrected chi connectivity index (χ1v) is 4.76. The Morgan fingerprint density at radius 3 is 2.47 bits per heavy atom. The van der Waals surface area contributed by atoms with Crippen LogP contribution in [0.25, 0.3) is 0 Å². The van der Waals surface area contributed by atoms with E-state index in [-0.39, 0.29) is 5.82 Å². The molecule has 0 fully saturated rings. The molecule has 1 aromatic heterocycles. The second-order valence-corrected chi connectivity index (χ2v) is 3.97. The summed E-state index contributed by atoms with van der Waals surface area (Å²) in [5.74, 6) is -0.212. The second-order valence-electron chi connectivity index (χ2n) is 3.05. The highest BCUT2D eigenvalue weighted by atomic mass is 79.9. The third-order valence-electron chi connectivity index (χ3n) is 1.49. The van der Waals surface area contributed by atoms with Gasteiger partial charge in [-0.3, -0.25) is 0 Å². The molecule has 0 aromatic carbocycles.